The van der Waals surface area contributed by atoms with Gasteiger partial charge in [0.05, 0.1) is 12.1 Å². The van der Waals surface area contributed by atoms with Crippen LogP contribution in [0, 0.1) is 0 Å². The van der Waals surface area contributed by atoms with Crippen molar-refractivity contribution in [3.05, 3.63) is 156 Å². The van der Waals surface area contributed by atoms with Gasteiger partial charge in [-0.3, -0.25) is 9.98 Å². The maximum Gasteiger partial charge on any atom is 2.00 e. The van der Waals surface area contributed by atoms with Gasteiger partial charge in [-0.1, -0.05) is 145 Å². The molecule has 0 N–H and O–H groups in total. The van der Waals surface area contributed by atoms with E-state index in [9.17, 15) is 10.2 Å². The van der Waals surface area contributed by atoms with Gasteiger partial charge < -0.3 is 10.2 Å². The zero-order valence-electron chi connectivity index (χ0n) is 24.0. The molecule has 217 valence electrons. The summed E-state index contributed by atoms with van der Waals surface area (Å²) in [5, 5.41) is 28.2. The van der Waals surface area contributed by atoms with Crippen molar-refractivity contribution in [1.29, 1.82) is 0 Å². The van der Waals surface area contributed by atoms with Gasteiger partial charge >= 0.3 is 17.1 Å². The Morgan fingerprint density at radius 2 is 0.814 bits per heavy atom. The van der Waals surface area contributed by atoms with Crippen molar-refractivity contribution < 1.29 is 27.3 Å². The summed E-state index contributed by atoms with van der Waals surface area (Å²) >= 11 is 0. The Hall–Kier alpha value is -4.70. The van der Waals surface area contributed by atoms with Crippen LogP contribution in [0.1, 0.15) is 48.2 Å². The first-order valence-corrected chi connectivity index (χ1v) is 14.0. The van der Waals surface area contributed by atoms with Crippen LogP contribution in [-0.4, -0.2) is 12.4 Å². The van der Waals surface area contributed by atoms with E-state index < -0.39 is 0 Å². The first kappa shape index (κ1) is 31.2. The van der Waals surface area contributed by atoms with Crippen LogP contribution in [0.2, 0.25) is 0 Å². The summed E-state index contributed by atoms with van der Waals surface area (Å²) in [5.74, 6) is 0.0235. The molecule has 0 aromatic heterocycles. The first-order valence-electron chi connectivity index (χ1n) is 14.0. The third-order valence-corrected chi connectivity index (χ3v) is 7.28. The normalized spacial score (nSPS) is 12.5. The van der Waals surface area contributed by atoms with Gasteiger partial charge in [0.15, 0.2) is 0 Å². The van der Waals surface area contributed by atoms with Crippen molar-refractivity contribution in [3.63, 3.8) is 0 Å². The van der Waals surface area contributed by atoms with Crippen LogP contribution in [-0.2, 0) is 17.1 Å². The number of hydrogen-bond donors (Lipinski definition) is 0. The van der Waals surface area contributed by atoms with E-state index in [-0.39, 0.29) is 40.7 Å². The van der Waals surface area contributed by atoms with E-state index in [1.807, 2.05) is 135 Å². The number of benzene rings is 6. The van der Waals surface area contributed by atoms with Crippen LogP contribution in [0.4, 0.5) is 0 Å². The standard InChI is InChI=1S/2C19H17NO.Cu/c2*1-14(15-7-3-2-4-8-15)20-13-18-17-10-6-5-9-16(17)11-12-19(18)21;/h2*2-14,21H,1H3;/q;;+2/p-2/t2*14-;/m11./s1. The molecule has 2 atom stereocenters. The minimum absolute atomic E-state index is 0. The van der Waals surface area contributed by atoms with E-state index in [4.69, 9.17) is 0 Å². The van der Waals surface area contributed by atoms with Crippen molar-refractivity contribution in [2.24, 2.45) is 9.98 Å². The molecule has 0 saturated carbocycles. The second-order valence-corrected chi connectivity index (χ2v) is 10.1. The number of nitrogens with zero attached hydrogens (tertiary/aromatic N) is 2. The Morgan fingerprint density at radius 3 is 1.21 bits per heavy atom. The largest absolute Gasteiger partial charge is 2.00 e. The molecule has 0 amide bonds. The molecule has 0 aliphatic rings. The zero-order valence-corrected chi connectivity index (χ0v) is 25.0. The number of rotatable bonds is 6. The van der Waals surface area contributed by atoms with Crippen molar-refractivity contribution >= 4 is 34.0 Å². The predicted molar refractivity (Wildman–Crippen MR) is 172 cm³/mol. The Balaban J connectivity index is 0.000000192. The Morgan fingerprint density at radius 1 is 0.465 bits per heavy atom. The van der Waals surface area contributed by atoms with E-state index in [2.05, 4.69) is 9.98 Å². The van der Waals surface area contributed by atoms with Gasteiger partial charge in [-0.2, -0.15) is 0 Å². The number of fused-ring (bicyclic) bond motifs is 2. The molecule has 0 spiro atoms. The monoisotopic (exact) mass is 611 g/mol. The second kappa shape index (κ2) is 15.0. The minimum Gasteiger partial charge on any atom is -0.872 e. The van der Waals surface area contributed by atoms with Crippen LogP contribution in [0.5, 0.6) is 11.5 Å². The SMILES string of the molecule is C[C@@H](N=Cc1c([O-])ccc2ccccc12)c1ccccc1.C[C@@H](N=Cc1c([O-])ccc2ccccc12)c1ccccc1.[Cu+2]. The molecule has 1 radical (unpaired) electrons. The van der Waals surface area contributed by atoms with E-state index in [1.165, 1.54) is 0 Å². The molecule has 0 heterocycles. The Labute approximate surface area is 263 Å². The molecule has 6 aromatic rings. The molecule has 0 bridgehead atoms. The zero-order chi connectivity index (χ0) is 29.3. The smallest absolute Gasteiger partial charge is 0.872 e. The third-order valence-electron chi connectivity index (χ3n) is 7.28. The summed E-state index contributed by atoms with van der Waals surface area (Å²) in [6.45, 7) is 4.06. The van der Waals surface area contributed by atoms with Crippen molar-refractivity contribution in [2.75, 3.05) is 0 Å². The molecule has 0 aliphatic carbocycles. The summed E-state index contributed by atoms with van der Waals surface area (Å²) in [6.07, 6.45) is 3.42. The fourth-order valence-electron chi connectivity index (χ4n) is 4.83. The van der Waals surface area contributed by atoms with Crippen molar-refractivity contribution in [1.82, 2.24) is 0 Å². The van der Waals surface area contributed by atoms with E-state index in [1.54, 1.807) is 24.6 Å². The van der Waals surface area contributed by atoms with Gasteiger partial charge in [0, 0.05) is 12.4 Å². The molecule has 5 heteroatoms. The molecule has 0 fully saturated rings. The fraction of sp³-hybridized carbons (Fsp3) is 0.105. The van der Waals surface area contributed by atoms with Crippen LogP contribution < -0.4 is 10.2 Å². The molecule has 4 nitrogen and oxygen atoms in total. The third kappa shape index (κ3) is 7.78. The summed E-state index contributed by atoms with van der Waals surface area (Å²) < 4.78 is 0. The molecule has 6 rings (SSSR count). The Kier molecular flexibility index (Phi) is 10.9. The van der Waals surface area contributed by atoms with Crippen molar-refractivity contribution in [3.8, 4) is 11.5 Å². The maximum atomic E-state index is 12.1. The fourth-order valence-corrected chi connectivity index (χ4v) is 4.83. The van der Waals surface area contributed by atoms with E-state index in [0.29, 0.717) is 11.1 Å². The van der Waals surface area contributed by atoms with E-state index >= 15 is 0 Å². The second-order valence-electron chi connectivity index (χ2n) is 10.1. The van der Waals surface area contributed by atoms with Gasteiger partial charge in [0.25, 0.3) is 0 Å². The molecule has 0 unspecified atom stereocenters. The van der Waals surface area contributed by atoms with Crippen LogP contribution >= 0.6 is 0 Å². The van der Waals surface area contributed by atoms with Crippen LogP contribution in [0.15, 0.2) is 143 Å². The molecule has 0 saturated heterocycles. The summed E-state index contributed by atoms with van der Waals surface area (Å²) in [5.41, 5.74) is 3.61. The topological polar surface area (TPSA) is 70.8 Å². The summed E-state index contributed by atoms with van der Waals surface area (Å²) in [4.78, 5) is 9.10. The van der Waals surface area contributed by atoms with Gasteiger partial charge in [-0.15, -0.1) is 0 Å². The number of aliphatic imine (C=N–C) groups is 2. The van der Waals surface area contributed by atoms with Gasteiger partial charge in [0.1, 0.15) is 0 Å². The molecule has 43 heavy (non-hydrogen) atoms. The summed E-state index contributed by atoms with van der Waals surface area (Å²) in [6, 6.07) is 42.9. The predicted octanol–water partition coefficient (Wildman–Crippen LogP) is 8.18. The van der Waals surface area contributed by atoms with Gasteiger partial charge in [-0.05, 0) is 57.6 Å². The van der Waals surface area contributed by atoms with Crippen LogP contribution in [0.25, 0.3) is 21.5 Å². The minimum atomic E-state index is 0. The molecular weight excluding hydrogens is 580 g/mol. The quantitative estimate of drug-likeness (QED) is 0.141. The maximum absolute atomic E-state index is 12.1. The molecule has 6 aromatic carbocycles. The average Bonchev–Trinajstić information content (AvgIpc) is 3.04. The molecular formula is C38H32CuN2O2. The van der Waals surface area contributed by atoms with Gasteiger partial charge in [0.2, 0.25) is 0 Å². The summed E-state index contributed by atoms with van der Waals surface area (Å²) in [7, 11) is 0. The average molecular weight is 612 g/mol. The van der Waals surface area contributed by atoms with Gasteiger partial charge in [-0.25, -0.2) is 0 Å². The van der Waals surface area contributed by atoms with Crippen LogP contribution in [0.3, 0.4) is 0 Å². The van der Waals surface area contributed by atoms with Crippen molar-refractivity contribution in [2.45, 2.75) is 25.9 Å². The number of hydrogen-bond acceptors (Lipinski definition) is 4. The Bertz CT molecular complexity index is 1700. The first-order chi connectivity index (χ1) is 20.5. The molecule has 0 aliphatic heterocycles. The van der Waals surface area contributed by atoms with E-state index in [0.717, 1.165) is 32.7 Å².